The van der Waals surface area contributed by atoms with E-state index in [1.807, 2.05) is 0 Å². The van der Waals surface area contributed by atoms with Crippen LogP contribution in [0.4, 0.5) is 8.78 Å². The van der Waals surface area contributed by atoms with Crippen LogP contribution in [0, 0.1) is 0 Å². The Morgan fingerprint density at radius 3 is 2.65 bits per heavy atom. The van der Waals surface area contributed by atoms with Crippen molar-refractivity contribution in [3.8, 4) is 0 Å². The Bertz CT molecular complexity index is 225. The van der Waals surface area contributed by atoms with Gasteiger partial charge < -0.3 is 15.3 Å². The van der Waals surface area contributed by atoms with Crippen molar-refractivity contribution in [2.45, 2.75) is 51.1 Å². The number of alkyl halides is 2. The first-order valence-corrected chi connectivity index (χ1v) is 6.41. The predicted octanol–water partition coefficient (Wildman–Crippen LogP) is 1.47. The second kappa shape index (κ2) is 6.61. The first-order valence-electron chi connectivity index (χ1n) is 6.41. The summed E-state index contributed by atoms with van der Waals surface area (Å²) in [7, 11) is 0. The molecule has 1 aliphatic rings. The molecule has 5 heteroatoms. The number of halogens is 2. The summed E-state index contributed by atoms with van der Waals surface area (Å²) >= 11 is 0. The van der Waals surface area contributed by atoms with E-state index < -0.39 is 19.1 Å². The molecule has 0 aromatic heterocycles. The van der Waals surface area contributed by atoms with E-state index in [0.29, 0.717) is 6.04 Å². The fourth-order valence-corrected chi connectivity index (χ4v) is 2.19. The highest BCUT2D eigenvalue weighted by Gasteiger charge is 2.29. The predicted molar refractivity (Wildman–Crippen MR) is 64.4 cm³/mol. The Morgan fingerprint density at radius 2 is 2.06 bits per heavy atom. The molecule has 17 heavy (non-hydrogen) atoms. The van der Waals surface area contributed by atoms with Gasteiger partial charge in [-0.3, -0.25) is 0 Å². The van der Waals surface area contributed by atoms with Crippen LogP contribution in [-0.2, 0) is 0 Å². The average molecular weight is 250 g/mol. The minimum Gasteiger partial charge on any atom is -0.390 e. The third kappa shape index (κ3) is 5.27. The molecule has 0 aromatic rings. The molecule has 2 N–H and O–H groups in total. The van der Waals surface area contributed by atoms with Crippen LogP contribution in [0.5, 0.6) is 0 Å². The van der Waals surface area contributed by atoms with Crippen molar-refractivity contribution < 1.29 is 13.9 Å². The minimum atomic E-state index is -3.00. The Hall–Kier alpha value is -0.260. The third-order valence-electron chi connectivity index (χ3n) is 3.37. The van der Waals surface area contributed by atoms with E-state index in [-0.39, 0.29) is 6.04 Å². The Morgan fingerprint density at radius 1 is 1.35 bits per heavy atom. The van der Waals surface area contributed by atoms with Crippen LogP contribution >= 0.6 is 0 Å². The molecule has 3 nitrogen and oxygen atoms in total. The maximum absolute atomic E-state index is 12.9. The average Bonchev–Trinajstić information content (AvgIpc) is 2.52. The molecule has 0 radical (unpaired) electrons. The standard InChI is InChI=1S/C12H24F2N2O/c1-10(2)16-6-3-4-11(5-7-16)15-8-12(13,14)9-17/h10-11,15,17H,3-9H2,1-2H3. The molecule has 1 rings (SSSR count). The molecule has 102 valence electrons. The zero-order chi connectivity index (χ0) is 12.9. The van der Waals surface area contributed by atoms with E-state index in [1.54, 1.807) is 0 Å². The lowest BCUT2D eigenvalue weighted by Gasteiger charge is -2.24. The zero-order valence-electron chi connectivity index (χ0n) is 10.8. The van der Waals surface area contributed by atoms with Crippen molar-refractivity contribution in [1.29, 1.82) is 0 Å². The molecule has 0 aliphatic carbocycles. The van der Waals surface area contributed by atoms with Crippen molar-refractivity contribution in [1.82, 2.24) is 10.2 Å². The highest BCUT2D eigenvalue weighted by atomic mass is 19.3. The number of aliphatic hydroxyl groups is 1. The van der Waals surface area contributed by atoms with E-state index in [4.69, 9.17) is 5.11 Å². The van der Waals surface area contributed by atoms with Crippen LogP contribution in [-0.4, -0.2) is 54.3 Å². The molecule has 1 unspecified atom stereocenters. The fourth-order valence-electron chi connectivity index (χ4n) is 2.19. The third-order valence-corrected chi connectivity index (χ3v) is 3.37. The second-order valence-electron chi connectivity index (χ2n) is 5.15. The number of nitrogens with one attached hydrogen (secondary N) is 1. The summed E-state index contributed by atoms with van der Waals surface area (Å²) in [4.78, 5) is 2.38. The summed E-state index contributed by atoms with van der Waals surface area (Å²) in [5.41, 5.74) is 0. The smallest absolute Gasteiger partial charge is 0.282 e. The summed E-state index contributed by atoms with van der Waals surface area (Å²) < 4.78 is 25.8. The van der Waals surface area contributed by atoms with E-state index >= 15 is 0 Å². The molecule has 1 saturated heterocycles. The van der Waals surface area contributed by atoms with Crippen LogP contribution < -0.4 is 5.32 Å². The molecule has 0 aromatic carbocycles. The zero-order valence-corrected chi connectivity index (χ0v) is 10.8. The molecule has 1 atom stereocenters. The molecular weight excluding hydrogens is 226 g/mol. The Balaban J connectivity index is 2.32. The van der Waals surface area contributed by atoms with Gasteiger partial charge in [-0.1, -0.05) is 0 Å². The van der Waals surface area contributed by atoms with Crippen LogP contribution in [0.25, 0.3) is 0 Å². The van der Waals surface area contributed by atoms with Gasteiger partial charge in [0.25, 0.3) is 5.92 Å². The van der Waals surface area contributed by atoms with Crippen LogP contribution in [0.1, 0.15) is 33.1 Å². The number of hydrogen-bond donors (Lipinski definition) is 2. The lowest BCUT2D eigenvalue weighted by molar-refractivity contribution is -0.0495. The van der Waals surface area contributed by atoms with Gasteiger partial charge in [0, 0.05) is 12.1 Å². The highest BCUT2D eigenvalue weighted by Crippen LogP contribution is 2.15. The fraction of sp³-hybridized carbons (Fsp3) is 1.00. The van der Waals surface area contributed by atoms with Crippen LogP contribution in [0.15, 0.2) is 0 Å². The summed E-state index contributed by atoms with van der Waals surface area (Å²) in [6.07, 6.45) is 2.88. The SMILES string of the molecule is CC(C)N1CCCC(NCC(F)(F)CO)CC1. The first kappa shape index (κ1) is 14.8. The topological polar surface area (TPSA) is 35.5 Å². The highest BCUT2D eigenvalue weighted by molar-refractivity contribution is 4.79. The van der Waals surface area contributed by atoms with Gasteiger partial charge in [0.05, 0.1) is 6.54 Å². The maximum Gasteiger partial charge on any atom is 0.282 e. The van der Waals surface area contributed by atoms with Crippen molar-refractivity contribution in [2.75, 3.05) is 26.2 Å². The van der Waals surface area contributed by atoms with Gasteiger partial charge in [-0.25, -0.2) is 8.78 Å². The van der Waals surface area contributed by atoms with Gasteiger partial charge in [0.1, 0.15) is 6.61 Å². The Labute approximate surface area is 102 Å². The quantitative estimate of drug-likeness (QED) is 0.775. The number of aliphatic hydroxyl groups excluding tert-OH is 1. The van der Waals surface area contributed by atoms with Gasteiger partial charge in [0.15, 0.2) is 0 Å². The summed E-state index contributed by atoms with van der Waals surface area (Å²) in [5.74, 6) is -3.00. The molecule has 1 heterocycles. The van der Waals surface area contributed by atoms with Crippen LogP contribution in [0.2, 0.25) is 0 Å². The molecule has 0 amide bonds. The molecule has 0 spiro atoms. The van der Waals surface area contributed by atoms with Gasteiger partial charge in [-0.15, -0.1) is 0 Å². The second-order valence-corrected chi connectivity index (χ2v) is 5.15. The molecule has 0 saturated carbocycles. The lowest BCUT2D eigenvalue weighted by Crippen LogP contribution is -2.41. The summed E-state index contributed by atoms with van der Waals surface area (Å²) in [6, 6.07) is 0.670. The number of likely N-dealkylation sites (tertiary alicyclic amines) is 1. The first-order chi connectivity index (χ1) is 7.94. The molecular formula is C12H24F2N2O. The van der Waals surface area contributed by atoms with Crippen LogP contribution in [0.3, 0.4) is 0 Å². The largest absolute Gasteiger partial charge is 0.390 e. The van der Waals surface area contributed by atoms with Crippen molar-refractivity contribution in [3.05, 3.63) is 0 Å². The van der Waals surface area contributed by atoms with Gasteiger partial charge in [0.2, 0.25) is 0 Å². The molecule has 0 bridgehead atoms. The molecule has 1 fully saturated rings. The van der Waals surface area contributed by atoms with Gasteiger partial charge in [-0.2, -0.15) is 0 Å². The van der Waals surface area contributed by atoms with Crippen molar-refractivity contribution in [2.24, 2.45) is 0 Å². The van der Waals surface area contributed by atoms with Crippen molar-refractivity contribution in [3.63, 3.8) is 0 Å². The van der Waals surface area contributed by atoms with E-state index in [2.05, 4.69) is 24.1 Å². The number of hydrogen-bond acceptors (Lipinski definition) is 3. The molecule has 1 aliphatic heterocycles. The van der Waals surface area contributed by atoms with Gasteiger partial charge >= 0.3 is 0 Å². The van der Waals surface area contributed by atoms with Gasteiger partial charge in [-0.05, 0) is 46.2 Å². The summed E-state index contributed by atoms with van der Waals surface area (Å²) in [5, 5.41) is 11.4. The Kier molecular flexibility index (Phi) is 5.76. The van der Waals surface area contributed by atoms with E-state index in [1.165, 1.54) is 0 Å². The number of rotatable bonds is 5. The summed E-state index contributed by atoms with van der Waals surface area (Å²) in [6.45, 7) is 4.83. The van der Waals surface area contributed by atoms with Crippen molar-refractivity contribution >= 4 is 0 Å². The maximum atomic E-state index is 12.9. The normalized spacial score (nSPS) is 24.0. The lowest BCUT2D eigenvalue weighted by atomic mass is 10.1. The minimum absolute atomic E-state index is 0.149. The monoisotopic (exact) mass is 250 g/mol. The van der Waals surface area contributed by atoms with E-state index in [9.17, 15) is 8.78 Å². The number of nitrogens with zero attached hydrogens (tertiary/aromatic N) is 1. The van der Waals surface area contributed by atoms with E-state index in [0.717, 1.165) is 32.4 Å².